The molecule has 1 aliphatic carbocycles. The van der Waals surface area contributed by atoms with E-state index in [0.717, 1.165) is 17.3 Å². The second kappa shape index (κ2) is 7.41. The average Bonchev–Trinajstić information content (AvgIpc) is 2.94. The number of benzene rings is 1. The molecule has 0 saturated carbocycles. The first-order valence-electron chi connectivity index (χ1n) is 6.97. The maximum absolute atomic E-state index is 12.0. The highest BCUT2D eigenvalue weighted by molar-refractivity contribution is 9.10. The van der Waals surface area contributed by atoms with Crippen molar-refractivity contribution in [2.45, 2.75) is 32.3 Å². The normalized spacial score (nSPS) is 18.3. The van der Waals surface area contributed by atoms with Gasteiger partial charge in [-0.3, -0.25) is 9.59 Å². The van der Waals surface area contributed by atoms with Crippen LogP contribution < -0.4 is 5.32 Å². The summed E-state index contributed by atoms with van der Waals surface area (Å²) >= 11 is 3.33. The number of ether oxygens (including phenoxy) is 1. The van der Waals surface area contributed by atoms with Gasteiger partial charge in [0.25, 0.3) is 5.91 Å². The molecule has 1 aliphatic rings. The molecule has 1 amide bonds. The fraction of sp³-hybridized carbons (Fsp3) is 0.375. The van der Waals surface area contributed by atoms with E-state index in [9.17, 15) is 9.59 Å². The molecule has 0 saturated heterocycles. The number of carbonyl (C=O) groups is 2. The third-order valence-corrected chi connectivity index (χ3v) is 3.86. The van der Waals surface area contributed by atoms with Crippen molar-refractivity contribution in [3.63, 3.8) is 0 Å². The summed E-state index contributed by atoms with van der Waals surface area (Å²) in [7, 11) is 0. The van der Waals surface area contributed by atoms with E-state index in [2.05, 4.69) is 27.3 Å². The number of nitrogens with one attached hydrogen (secondary N) is 1. The van der Waals surface area contributed by atoms with Gasteiger partial charge in [0.05, 0.1) is 6.42 Å². The van der Waals surface area contributed by atoms with Crippen molar-refractivity contribution in [2.75, 3.05) is 5.32 Å². The summed E-state index contributed by atoms with van der Waals surface area (Å²) in [5, 5.41) is 2.72. The molecule has 0 aromatic heterocycles. The van der Waals surface area contributed by atoms with Crippen LogP contribution in [0.5, 0.6) is 0 Å². The Morgan fingerprint density at radius 3 is 2.71 bits per heavy atom. The topological polar surface area (TPSA) is 55.4 Å². The van der Waals surface area contributed by atoms with E-state index in [1.807, 2.05) is 18.2 Å². The number of allylic oxidation sites excluding steroid dienone is 2. The van der Waals surface area contributed by atoms with Crippen molar-refractivity contribution in [3.8, 4) is 0 Å². The number of rotatable bonds is 5. The zero-order valence-corrected chi connectivity index (χ0v) is 13.4. The maximum Gasteiger partial charge on any atom is 0.307 e. The maximum atomic E-state index is 12.0. The molecule has 0 aliphatic heterocycles. The molecule has 1 aromatic rings. The smallest absolute Gasteiger partial charge is 0.307 e. The van der Waals surface area contributed by atoms with Gasteiger partial charge < -0.3 is 10.1 Å². The summed E-state index contributed by atoms with van der Waals surface area (Å²) in [5.74, 6) is -0.406. The molecule has 0 spiro atoms. The lowest BCUT2D eigenvalue weighted by molar-refractivity contribution is -0.153. The van der Waals surface area contributed by atoms with Crippen molar-refractivity contribution in [1.82, 2.24) is 0 Å². The Labute approximate surface area is 132 Å². The standard InChI is InChI=1S/C16H18BrNO3/c1-11(21-15(19)10-12-4-2-3-5-12)16(20)18-14-8-6-13(17)7-9-14/h2,4,6-9,11-12H,3,5,10H2,1H3,(H,18,20)/t11-,12+/m0/s1. The second-order valence-corrected chi connectivity index (χ2v) is 6.01. The van der Waals surface area contributed by atoms with E-state index in [1.54, 1.807) is 19.1 Å². The van der Waals surface area contributed by atoms with Gasteiger partial charge in [-0.15, -0.1) is 0 Å². The number of amides is 1. The zero-order chi connectivity index (χ0) is 15.2. The number of hydrogen-bond donors (Lipinski definition) is 1. The molecule has 2 rings (SSSR count). The lowest BCUT2D eigenvalue weighted by atomic mass is 10.1. The zero-order valence-electron chi connectivity index (χ0n) is 11.8. The highest BCUT2D eigenvalue weighted by Crippen LogP contribution is 2.21. The molecule has 2 atom stereocenters. The van der Waals surface area contributed by atoms with Crippen LogP contribution in [0.3, 0.4) is 0 Å². The Kier molecular flexibility index (Phi) is 5.56. The molecule has 21 heavy (non-hydrogen) atoms. The first kappa shape index (κ1) is 15.8. The molecule has 5 heteroatoms. The quantitative estimate of drug-likeness (QED) is 0.650. The minimum atomic E-state index is -0.800. The number of hydrogen-bond acceptors (Lipinski definition) is 3. The third kappa shape index (κ3) is 5.01. The molecule has 0 fully saturated rings. The number of anilines is 1. The Balaban J connectivity index is 1.80. The van der Waals surface area contributed by atoms with E-state index >= 15 is 0 Å². The number of halogens is 1. The molecule has 112 valence electrons. The lowest BCUT2D eigenvalue weighted by Crippen LogP contribution is -2.30. The summed E-state index contributed by atoms with van der Waals surface area (Å²) in [5.41, 5.74) is 0.671. The molecular weight excluding hydrogens is 334 g/mol. The predicted molar refractivity (Wildman–Crippen MR) is 84.8 cm³/mol. The van der Waals surface area contributed by atoms with E-state index in [1.165, 1.54) is 0 Å². The van der Waals surface area contributed by atoms with Crippen LogP contribution >= 0.6 is 15.9 Å². The van der Waals surface area contributed by atoms with Gasteiger partial charge >= 0.3 is 5.97 Å². The average molecular weight is 352 g/mol. The fourth-order valence-corrected chi connectivity index (χ4v) is 2.42. The van der Waals surface area contributed by atoms with Crippen LogP contribution in [0.1, 0.15) is 26.2 Å². The first-order valence-corrected chi connectivity index (χ1v) is 7.76. The SMILES string of the molecule is C[C@H](OC(=O)C[C@@H]1C=CCC1)C(=O)Nc1ccc(Br)cc1. The van der Waals surface area contributed by atoms with Crippen LogP contribution in [0.15, 0.2) is 40.9 Å². The van der Waals surface area contributed by atoms with Gasteiger partial charge in [-0.2, -0.15) is 0 Å². The Hall–Kier alpha value is -1.62. The Morgan fingerprint density at radius 1 is 1.38 bits per heavy atom. The van der Waals surface area contributed by atoms with E-state index in [0.29, 0.717) is 12.1 Å². The van der Waals surface area contributed by atoms with Crippen LogP contribution in [0.4, 0.5) is 5.69 Å². The largest absolute Gasteiger partial charge is 0.453 e. The van der Waals surface area contributed by atoms with E-state index in [4.69, 9.17) is 4.74 Å². The summed E-state index contributed by atoms with van der Waals surface area (Å²) in [6.45, 7) is 1.58. The summed E-state index contributed by atoms with van der Waals surface area (Å²) in [6.07, 6.45) is 5.64. The van der Waals surface area contributed by atoms with Crippen LogP contribution in [-0.2, 0) is 14.3 Å². The third-order valence-electron chi connectivity index (χ3n) is 3.33. The second-order valence-electron chi connectivity index (χ2n) is 5.10. The van der Waals surface area contributed by atoms with Crippen molar-refractivity contribution < 1.29 is 14.3 Å². The van der Waals surface area contributed by atoms with Crippen LogP contribution in [0.2, 0.25) is 0 Å². The van der Waals surface area contributed by atoms with Gasteiger partial charge in [-0.1, -0.05) is 28.1 Å². The molecule has 0 bridgehead atoms. The number of carbonyl (C=O) groups excluding carboxylic acids is 2. The van der Waals surface area contributed by atoms with Gasteiger partial charge in [0, 0.05) is 10.2 Å². The molecule has 0 unspecified atom stereocenters. The van der Waals surface area contributed by atoms with E-state index in [-0.39, 0.29) is 17.8 Å². The highest BCUT2D eigenvalue weighted by atomic mass is 79.9. The lowest BCUT2D eigenvalue weighted by Gasteiger charge is -2.14. The minimum absolute atomic E-state index is 0.249. The molecule has 1 aromatic carbocycles. The summed E-state index contributed by atoms with van der Waals surface area (Å²) < 4.78 is 6.11. The Bertz CT molecular complexity index is 539. The number of esters is 1. The summed E-state index contributed by atoms with van der Waals surface area (Å²) in [6, 6.07) is 7.22. The van der Waals surface area contributed by atoms with Gasteiger partial charge in [0.1, 0.15) is 0 Å². The van der Waals surface area contributed by atoms with E-state index < -0.39 is 6.10 Å². The summed E-state index contributed by atoms with van der Waals surface area (Å²) in [4.78, 5) is 23.7. The van der Waals surface area contributed by atoms with Gasteiger partial charge in [-0.25, -0.2) is 0 Å². The van der Waals surface area contributed by atoms with Gasteiger partial charge in [0.2, 0.25) is 0 Å². The minimum Gasteiger partial charge on any atom is -0.453 e. The van der Waals surface area contributed by atoms with Gasteiger partial charge in [0.15, 0.2) is 6.10 Å². The predicted octanol–water partition coefficient (Wildman–Crippen LogP) is 3.68. The molecular formula is C16H18BrNO3. The Morgan fingerprint density at radius 2 is 2.10 bits per heavy atom. The first-order chi connectivity index (χ1) is 10.0. The fourth-order valence-electron chi connectivity index (χ4n) is 2.16. The van der Waals surface area contributed by atoms with Crippen LogP contribution in [0.25, 0.3) is 0 Å². The van der Waals surface area contributed by atoms with Crippen molar-refractivity contribution in [3.05, 3.63) is 40.9 Å². The van der Waals surface area contributed by atoms with Crippen molar-refractivity contribution >= 4 is 33.5 Å². The highest BCUT2D eigenvalue weighted by Gasteiger charge is 2.21. The molecule has 4 nitrogen and oxygen atoms in total. The van der Waals surface area contributed by atoms with Crippen LogP contribution in [0, 0.1) is 5.92 Å². The van der Waals surface area contributed by atoms with Crippen molar-refractivity contribution in [1.29, 1.82) is 0 Å². The van der Waals surface area contributed by atoms with Crippen LogP contribution in [-0.4, -0.2) is 18.0 Å². The molecule has 0 radical (unpaired) electrons. The monoisotopic (exact) mass is 351 g/mol. The molecule has 1 N–H and O–H groups in total. The van der Waals surface area contributed by atoms with Crippen molar-refractivity contribution in [2.24, 2.45) is 5.92 Å². The van der Waals surface area contributed by atoms with Gasteiger partial charge in [-0.05, 0) is 49.9 Å². The molecule has 0 heterocycles.